The average Bonchev–Trinajstić information content (AvgIpc) is 2.38. The minimum absolute atomic E-state index is 0.264. The molecule has 1 atom stereocenters. The van der Waals surface area contributed by atoms with Crippen molar-refractivity contribution in [2.75, 3.05) is 6.54 Å². The van der Waals surface area contributed by atoms with Gasteiger partial charge in [-0.15, -0.1) is 0 Å². The van der Waals surface area contributed by atoms with Crippen molar-refractivity contribution in [3.05, 3.63) is 46.2 Å². The van der Waals surface area contributed by atoms with Crippen LogP contribution in [0.1, 0.15) is 29.8 Å². The van der Waals surface area contributed by atoms with Crippen LogP contribution in [-0.4, -0.2) is 16.5 Å². The van der Waals surface area contributed by atoms with Crippen LogP contribution in [0.25, 0.3) is 11.4 Å². The van der Waals surface area contributed by atoms with Gasteiger partial charge in [-0.2, -0.15) is 0 Å². The fourth-order valence-electron chi connectivity index (χ4n) is 2.32. The van der Waals surface area contributed by atoms with Gasteiger partial charge in [-0.25, -0.2) is 9.97 Å². The van der Waals surface area contributed by atoms with E-state index in [0.29, 0.717) is 17.4 Å². The molecule has 0 aliphatic carbocycles. The van der Waals surface area contributed by atoms with Gasteiger partial charge in [0.25, 0.3) is 0 Å². The predicted octanol–water partition coefficient (Wildman–Crippen LogP) is 3.48. The molecule has 0 fully saturated rings. The van der Waals surface area contributed by atoms with Crippen molar-refractivity contribution in [1.29, 1.82) is 0 Å². The maximum absolute atomic E-state index is 6.19. The molecular formula is C15H18ClN3. The van der Waals surface area contributed by atoms with Gasteiger partial charge < -0.3 is 5.73 Å². The first-order valence-corrected chi connectivity index (χ1v) is 6.72. The Morgan fingerprint density at radius 2 is 1.74 bits per heavy atom. The topological polar surface area (TPSA) is 51.8 Å². The van der Waals surface area contributed by atoms with Crippen molar-refractivity contribution in [3.63, 3.8) is 0 Å². The highest BCUT2D eigenvalue weighted by molar-refractivity contribution is 6.33. The highest BCUT2D eigenvalue weighted by Gasteiger charge is 2.15. The van der Waals surface area contributed by atoms with Crippen LogP contribution >= 0.6 is 11.6 Å². The van der Waals surface area contributed by atoms with Gasteiger partial charge in [0, 0.05) is 17.0 Å². The Kier molecular flexibility index (Phi) is 4.17. The Hall–Kier alpha value is -1.45. The van der Waals surface area contributed by atoms with E-state index in [1.807, 2.05) is 38.1 Å². The Morgan fingerprint density at radius 3 is 2.26 bits per heavy atom. The lowest BCUT2D eigenvalue weighted by molar-refractivity contribution is 0.744. The van der Waals surface area contributed by atoms with E-state index in [-0.39, 0.29) is 5.92 Å². The zero-order valence-corrected chi connectivity index (χ0v) is 12.2. The largest absolute Gasteiger partial charge is 0.330 e. The molecule has 1 unspecified atom stereocenters. The number of halogens is 1. The molecule has 1 heterocycles. The number of rotatable bonds is 3. The van der Waals surface area contributed by atoms with Gasteiger partial charge in [0.15, 0.2) is 5.82 Å². The number of aromatic nitrogens is 2. The molecule has 2 aromatic rings. The Balaban J connectivity index is 2.55. The van der Waals surface area contributed by atoms with E-state index < -0.39 is 0 Å². The molecule has 0 bridgehead atoms. The van der Waals surface area contributed by atoms with Crippen LogP contribution in [-0.2, 0) is 0 Å². The molecule has 0 aliphatic rings. The van der Waals surface area contributed by atoms with E-state index in [9.17, 15) is 0 Å². The second-order valence-corrected chi connectivity index (χ2v) is 5.16. The summed E-state index contributed by atoms with van der Waals surface area (Å²) in [5, 5.41) is 0.668. The van der Waals surface area contributed by atoms with Crippen LogP contribution in [0, 0.1) is 13.8 Å². The first-order chi connectivity index (χ1) is 9.04. The lowest BCUT2D eigenvalue weighted by atomic mass is 9.98. The second-order valence-electron chi connectivity index (χ2n) is 4.75. The van der Waals surface area contributed by atoms with Gasteiger partial charge in [0.1, 0.15) is 0 Å². The Bertz CT molecular complexity index is 573. The zero-order valence-electron chi connectivity index (χ0n) is 11.4. The highest BCUT2D eigenvalue weighted by atomic mass is 35.5. The summed E-state index contributed by atoms with van der Waals surface area (Å²) in [7, 11) is 0. The van der Waals surface area contributed by atoms with Crippen molar-refractivity contribution >= 4 is 11.6 Å². The van der Waals surface area contributed by atoms with E-state index in [1.165, 1.54) is 0 Å². The molecule has 0 saturated heterocycles. The van der Waals surface area contributed by atoms with Crippen molar-refractivity contribution in [1.82, 2.24) is 9.97 Å². The summed E-state index contributed by atoms with van der Waals surface area (Å²) < 4.78 is 0. The summed E-state index contributed by atoms with van der Waals surface area (Å²) in [6.45, 7) is 6.68. The number of hydrogen-bond acceptors (Lipinski definition) is 3. The quantitative estimate of drug-likeness (QED) is 0.933. The van der Waals surface area contributed by atoms with Crippen LogP contribution in [0.3, 0.4) is 0 Å². The minimum atomic E-state index is 0.264. The highest BCUT2D eigenvalue weighted by Crippen LogP contribution is 2.28. The van der Waals surface area contributed by atoms with E-state index in [0.717, 1.165) is 22.5 Å². The van der Waals surface area contributed by atoms with Crippen molar-refractivity contribution in [2.45, 2.75) is 26.7 Å². The molecule has 0 radical (unpaired) electrons. The summed E-state index contributed by atoms with van der Waals surface area (Å²) in [6, 6.07) is 7.62. The molecule has 2 rings (SSSR count). The fraction of sp³-hybridized carbons (Fsp3) is 0.333. The van der Waals surface area contributed by atoms with Crippen LogP contribution in [0.5, 0.6) is 0 Å². The standard InChI is InChI=1S/C15H18ClN3/c1-9(8-17)14-10(2)18-15(19-11(14)3)12-6-4-5-7-13(12)16/h4-7,9H,8,17H2,1-3H3. The first-order valence-electron chi connectivity index (χ1n) is 6.34. The smallest absolute Gasteiger partial charge is 0.161 e. The third-order valence-electron chi connectivity index (χ3n) is 3.29. The van der Waals surface area contributed by atoms with Gasteiger partial charge in [0.05, 0.1) is 5.02 Å². The number of hydrogen-bond donors (Lipinski definition) is 1. The summed E-state index contributed by atoms with van der Waals surface area (Å²) in [6.07, 6.45) is 0. The molecule has 3 nitrogen and oxygen atoms in total. The molecule has 0 aliphatic heterocycles. The molecule has 19 heavy (non-hydrogen) atoms. The van der Waals surface area contributed by atoms with Gasteiger partial charge >= 0.3 is 0 Å². The number of nitrogens with zero attached hydrogens (tertiary/aromatic N) is 2. The number of benzene rings is 1. The van der Waals surface area contributed by atoms with Crippen LogP contribution < -0.4 is 5.73 Å². The molecule has 4 heteroatoms. The maximum atomic E-state index is 6.19. The molecule has 0 saturated carbocycles. The Morgan fingerprint density at radius 1 is 1.16 bits per heavy atom. The lowest BCUT2D eigenvalue weighted by Gasteiger charge is -2.16. The SMILES string of the molecule is Cc1nc(-c2ccccc2Cl)nc(C)c1C(C)CN. The van der Waals surface area contributed by atoms with Gasteiger partial charge in [-0.1, -0.05) is 30.7 Å². The average molecular weight is 276 g/mol. The van der Waals surface area contributed by atoms with E-state index in [4.69, 9.17) is 17.3 Å². The zero-order chi connectivity index (χ0) is 14.0. The molecule has 0 spiro atoms. The van der Waals surface area contributed by atoms with Crippen molar-refractivity contribution in [3.8, 4) is 11.4 Å². The van der Waals surface area contributed by atoms with E-state index >= 15 is 0 Å². The van der Waals surface area contributed by atoms with E-state index in [1.54, 1.807) is 0 Å². The van der Waals surface area contributed by atoms with Gasteiger partial charge in [0.2, 0.25) is 0 Å². The third-order valence-corrected chi connectivity index (χ3v) is 3.62. The molecule has 100 valence electrons. The summed E-state index contributed by atoms with van der Waals surface area (Å²) in [5.74, 6) is 0.939. The first kappa shape index (κ1) is 14.0. The number of aryl methyl sites for hydroxylation is 2. The van der Waals surface area contributed by atoms with Gasteiger partial charge in [-0.05, 0) is 44.0 Å². The van der Waals surface area contributed by atoms with Crippen molar-refractivity contribution in [2.24, 2.45) is 5.73 Å². The van der Waals surface area contributed by atoms with Crippen LogP contribution in [0.15, 0.2) is 24.3 Å². The lowest BCUT2D eigenvalue weighted by Crippen LogP contribution is -2.14. The Labute approximate surface area is 118 Å². The second kappa shape index (κ2) is 5.68. The minimum Gasteiger partial charge on any atom is -0.330 e. The van der Waals surface area contributed by atoms with Crippen LogP contribution in [0.2, 0.25) is 5.02 Å². The van der Waals surface area contributed by atoms with Crippen molar-refractivity contribution < 1.29 is 0 Å². The van der Waals surface area contributed by atoms with Crippen LogP contribution in [0.4, 0.5) is 0 Å². The molecule has 1 aromatic carbocycles. The summed E-state index contributed by atoms with van der Waals surface area (Å²) in [5.41, 5.74) is 9.68. The summed E-state index contributed by atoms with van der Waals surface area (Å²) >= 11 is 6.19. The normalized spacial score (nSPS) is 12.5. The third kappa shape index (κ3) is 2.77. The monoisotopic (exact) mass is 275 g/mol. The van der Waals surface area contributed by atoms with E-state index in [2.05, 4.69) is 16.9 Å². The van der Waals surface area contributed by atoms with Gasteiger partial charge in [-0.3, -0.25) is 0 Å². The maximum Gasteiger partial charge on any atom is 0.161 e. The molecule has 0 amide bonds. The molecular weight excluding hydrogens is 258 g/mol. The molecule has 1 aromatic heterocycles. The predicted molar refractivity (Wildman–Crippen MR) is 79.4 cm³/mol. The number of nitrogens with two attached hydrogens (primary N) is 1. The summed E-state index contributed by atoms with van der Waals surface area (Å²) in [4.78, 5) is 9.17. The fourth-order valence-corrected chi connectivity index (χ4v) is 2.54. The molecule has 2 N–H and O–H groups in total.